The molecule has 0 aliphatic rings. The summed E-state index contributed by atoms with van der Waals surface area (Å²) in [6, 6.07) is 10.9. The number of benzene rings is 2. The summed E-state index contributed by atoms with van der Waals surface area (Å²) in [7, 11) is 0. The largest absolute Gasteiger partial charge is 0.450 e. The molecule has 1 heterocycles. The van der Waals surface area contributed by atoms with Gasteiger partial charge in [-0.2, -0.15) is 0 Å². The summed E-state index contributed by atoms with van der Waals surface area (Å²) in [5.74, 6) is -0.118. The van der Waals surface area contributed by atoms with Gasteiger partial charge in [-0.3, -0.25) is 9.59 Å². The zero-order valence-corrected chi connectivity index (χ0v) is 14.7. The number of furan rings is 1. The highest BCUT2D eigenvalue weighted by Gasteiger charge is 2.19. The molecule has 0 aliphatic carbocycles. The summed E-state index contributed by atoms with van der Waals surface area (Å²) in [6.07, 6.45) is 0. The van der Waals surface area contributed by atoms with Crippen LogP contribution in [0.5, 0.6) is 0 Å². The fraction of sp³-hybridized carbons (Fsp3) is 0.200. The Morgan fingerprint density at radius 2 is 1.44 bits per heavy atom. The number of hydrogen-bond donors (Lipinski definition) is 2. The number of fused-ring (bicyclic) bond motifs is 1. The van der Waals surface area contributed by atoms with Gasteiger partial charge in [0.2, 0.25) is 5.91 Å². The van der Waals surface area contributed by atoms with Crippen molar-refractivity contribution in [2.75, 3.05) is 10.6 Å². The van der Waals surface area contributed by atoms with Crippen LogP contribution in [-0.2, 0) is 4.79 Å². The molecule has 0 aliphatic heterocycles. The highest BCUT2D eigenvalue weighted by Crippen LogP contribution is 2.30. The van der Waals surface area contributed by atoms with Gasteiger partial charge in [0, 0.05) is 29.2 Å². The lowest BCUT2D eigenvalue weighted by Gasteiger charge is -2.06. The van der Waals surface area contributed by atoms with Crippen molar-refractivity contribution in [2.45, 2.75) is 27.7 Å². The van der Waals surface area contributed by atoms with Crippen molar-refractivity contribution in [2.24, 2.45) is 0 Å². The molecule has 0 spiro atoms. The molecule has 2 aromatic carbocycles. The van der Waals surface area contributed by atoms with E-state index in [4.69, 9.17) is 4.42 Å². The van der Waals surface area contributed by atoms with Crippen molar-refractivity contribution in [1.29, 1.82) is 0 Å². The standard InChI is InChI=1S/C20H20N2O3/c1-11-5-10-17-13(3)19(25-18(17)12(11)2)20(24)22-16-8-6-15(7-9-16)21-14(4)23/h5-10H,1-4H3,(H,21,23)(H,22,24). The van der Waals surface area contributed by atoms with E-state index in [9.17, 15) is 9.59 Å². The number of nitrogens with one attached hydrogen (secondary N) is 2. The third-order valence-electron chi connectivity index (χ3n) is 4.29. The molecular formula is C20H20N2O3. The van der Waals surface area contributed by atoms with Crippen LogP contribution in [-0.4, -0.2) is 11.8 Å². The number of aryl methyl sites for hydroxylation is 3. The summed E-state index contributed by atoms with van der Waals surface area (Å²) in [5.41, 5.74) is 5.05. The first kappa shape index (κ1) is 16.8. The minimum Gasteiger partial charge on any atom is -0.450 e. The summed E-state index contributed by atoms with van der Waals surface area (Å²) < 4.78 is 5.85. The smallest absolute Gasteiger partial charge is 0.291 e. The van der Waals surface area contributed by atoms with Gasteiger partial charge in [-0.05, 0) is 56.2 Å². The second kappa shape index (κ2) is 6.43. The van der Waals surface area contributed by atoms with Gasteiger partial charge in [0.15, 0.2) is 5.76 Å². The maximum absolute atomic E-state index is 12.6. The van der Waals surface area contributed by atoms with Crippen LogP contribution in [0.3, 0.4) is 0 Å². The Hall–Kier alpha value is -3.08. The molecule has 0 unspecified atom stereocenters. The van der Waals surface area contributed by atoms with Crippen molar-refractivity contribution >= 4 is 34.2 Å². The summed E-state index contributed by atoms with van der Waals surface area (Å²) in [6.45, 7) is 7.34. The first-order chi connectivity index (χ1) is 11.9. The minimum absolute atomic E-state index is 0.139. The average Bonchev–Trinajstić information content (AvgIpc) is 2.90. The molecule has 5 nitrogen and oxygen atoms in total. The molecule has 25 heavy (non-hydrogen) atoms. The predicted molar refractivity (Wildman–Crippen MR) is 99.1 cm³/mol. The van der Waals surface area contributed by atoms with E-state index >= 15 is 0 Å². The van der Waals surface area contributed by atoms with E-state index in [1.54, 1.807) is 24.3 Å². The van der Waals surface area contributed by atoms with Crippen molar-refractivity contribution in [3.05, 3.63) is 58.8 Å². The second-order valence-electron chi connectivity index (χ2n) is 6.15. The van der Waals surface area contributed by atoms with Crippen LogP contribution in [0, 0.1) is 20.8 Å². The van der Waals surface area contributed by atoms with Gasteiger partial charge < -0.3 is 15.1 Å². The van der Waals surface area contributed by atoms with Gasteiger partial charge >= 0.3 is 0 Å². The summed E-state index contributed by atoms with van der Waals surface area (Å²) in [4.78, 5) is 23.6. The molecule has 3 rings (SSSR count). The third-order valence-corrected chi connectivity index (χ3v) is 4.29. The highest BCUT2D eigenvalue weighted by atomic mass is 16.3. The fourth-order valence-electron chi connectivity index (χ4n) is 2.76. The van der Waals surface area contributed by atoms with E-state index in [1.807, 2.05) is 32.9 Å². The molecule has 128 valence electrons. The lowest BCUT2D eigenvalue weighted by atomic mass is 10.0. The van der Waals surface area contributed by atoms with Crippen LogP contribution >= 0.6 is 0 Å². The van der Waals surface area contributed by atoms with Gasteiger partial charge in [0.05, 0.1) is 0 Å². The van der Waals surface area contributed by atoms with E-state index in [0.29, 0.717) is 17.1 Å². The molecule has 5 heteroatoms. The van der Waals surface area contributed by atoms with Crippen molar-refractivity contribution < 1.29 is 14.0 Å². The number of rotatable bonds is 3. The van der Waals surface area contributed by atoms with Crippen LogP contribution < -0.4 is 10.6 Å². The first-order valence-electron chi connectivity index (χ1n) is 8.05. The molecule has 2 N–H and O–H groups in total. The van der Waals surface area contributed by atoms with Crippen LogP contribution in [0.4, 0.5) is 11.4 Å². The molecule has 0 bridgehead atoms. The Balaban J connectivity index is 1.86. The molecule has 0 saturated carbocycles. The molecule has 3 aromatic rings. The molecule has 0 radical (unpaired) electrons. The van der Waals surface area contributed by atoms with Gasteiger partial charge in [0.1, 0.15) is 5.58 Å². The first-order valence-corrected chi connectivity index (χ1v) is 8.05. The maximum atomic E-state index is 12.6. The third kappa shape index (κ3) is 3.26. The molecule has 1 aromatic heterocycles. The van der Waals surface area contributed by atoms with E-state index in [-0.39, 0.29) is 11.8 Å². The molecule has 0 atom stereocenters. The van der Waals surface area contributed by atoms with Crippen LogP contribution in [0.25, 0.3) is 11.0 Å². The molecule has 0 saturated heterocycles. The Bertz CT molecular complexity index is 969. The second-order valence-corrected chi connectivity index (χ2v) is 6.15. The van der Waals surface area contributed by atoms with E-state index in [0.717, 1.165) is 27.7 Å². The Labute approximate surface area is 146 Å². The van der Waals surface area contributed by atoms with Crippen LogP contribution in [0.2, 0.25) is 0 Å². The summed E-state index contributed by atoms with van der Waals surface area (Å²) >= 11 is 0. The minimum atomic E-state index is -0.293. The predicted octanol–water partition coefficient (Wildman–Crippen LogP) is 4.57. The molecule has 2 amide bonds. The lowest BCUT2D eigenvalue weighted by molar-refractivity contribution is -0.114. The van der Waals surface area contributed by atoms with Gasteiger partial charge in [-0.1, -0.05) is 12.1 Å². The number of hydrogen-bond acceptors (Lipinski definition) is 3. The maximum Gasteiger partial charge on any atom is 0.291 e. The van der Waals surface area contributed by atoms with Gasteiger partial charge in [-0.15, -0.1) is 0 Å². The van der Waals surface area contributed by atoms with E-state index < -0.39 is 0 Å². The van der Waals surface area contributed by atoms with Crippen molar-refractivity contribution in [1.82, 2.24) is 0 Å². The van der Waals surface area contributed by atoms with Crippen molar-refractivity contribution in [3.63, 3.8) is 0 Å². The zero-order chi connectivity index (χ0) is 18.1. The average molecular weight is 336 g/mol. The Morgan fingerprint density at radius 1 is 0.840 bits per heavy atom. The quantitative estimate of drug-likeness (QED) is 0.736. The SMILES string of the molecule is CC(=O)Nc1ccc(NC(=O)c2oc3c(C)c(C)ccc3c2C)cc1. The molecule has 0 fully saturated rings. The highest BCUT2D eigenvalue weighted by molar-refractivity contribution is 6.06. The Kier molecular flexibility index (Phi) is 4.31. The number of amides is 2. The number of carbonyl (C=O) groups is 2. The van der Waals surface area contributed by atoms with Crippen LogP contribution in [0.1, 0.15) is 34.2 Å². The van der Waals surface area contributed by atoms with E-state index in [2.05, 4.69) is 10.6 Å². The topological polar surface area (TPSA) is 71.3 Å². The fourth-order valence-corrected chi connectivity index (χ4v) is 2.76. The monoisotopic (exact) mass is 336 g/mol. The zero-order valence-electron chi connectivity index (χ0n) is 14.7. The van der Waals surface area contributed by atoms with Crippen LogP contribution in [0.15, 0.2) is 40.8 Å². The van der Waals surface area contributed by atoms with Gasteiger partial charge in [-0.25, -0.2) is 0 Å². The number of anilines is 2. The van der Waals surface area contributed by atoms with E-state index in [1.165, 1.54) is 6.92 Å². The van der Waals surface area contributed by atoms with Gasteiger partial charge in [0.25, 0.3) is 5.91 Å². The lowest BCUT2D eigenvalue weighted by Crippen LogP contribution is -2.12. The number of carbonyl (C=O) groups excluding carboxylic acids is 2. The van der Waals surface area contributed by atoms with Crippen molar-refractivity contribution in [3.8, 4) is 0 Å². The summed E-state index contributed by atoms with van der Waals surface area (Å²) in [5, 5.41) is 6.47. The Morgan fingerprint density at radius 3 is 2.04 bits per heavy atom. The molecular weight excluding hydrogens is 316 g/mol. The normalized spacial score (nSPS) is 10.7.